The molecule has 0 aliphatic carbocycles. The van der Waals surface area contributed by atoms with Crippen LogP contribution in [0.1, 0.15) is 5.69 Å². The molecule has 0 atom stereocenters. The fraction of sp³-hybridized carbons (Fsp3) is 0.0769. The monoisotopic (exact) mass is 339 g/mol. The van der Waals surface area contributed by atoms with Gasteiger partial charge < -0.3 is 11.1 Å². The second-order valence-electron chi connectivity index (χ2n) is 3.91. The third-order valence-electron chi connectivity index (χ3n) is 2.41. The number of nitrogen functional groups attached to an aromatic ring is 1. The molecule has 0 aliphatic heterocycles. The molecule has 1 heterocycles. The van der Waals surface area contributed by atoms with Gasteiger partial charge in [0.05, 0.1) is 33.5 Å². The number of nitrogens with one attached hydrogen (secondary N) is 1. The summed E-state index contributed by atoms with van der Waals surface area (Å²) in [6.07, 6.45) is 1.71. The van der Waals surface area contributed by atoms with E-state index >= 15 is 0 Å². The molecule has 3 N–H and O–H groups in total. The average Bonchev–Trinajstić information content (AvgIpc) is 2.38. The topological polar surface area (TPSA) is 68.0 Å². The summed E-state index contributed by atoms with van der Waals surface area (Å²) in [5.41, 5.74) is 7.39. The van der Waals surface area contributed by atoms with Crippen molar-refractivity contribution < 1.29 is 4.79 Å². The van der Waals surface area contributed by atoms with Crippen molar-refractivity contribution in [3.05, 3.63) is 51.7 Å². The number of aromatic nitrogens is 1. The number of hydrogen-bond acceptors (Lipinski definition) is 3. The van der Waals surface area contributed by atoms with Crippen molar-refractivity contribution in [3.63, 3.8) is 0 Å². The minimum atomic E-state index is -0.166. The van der Waals surface area contributed by atoms with Gasteiger partial charge in [-0.15, -0.1) is 0 Å². The third kappa shape index (κ3) is 3.68. The second kappa shape index (κ2) is 6.04. The first-order chi connectivity index (χ1) is 9.06. The number of benzene rings is 1. The zero-order valence-corrected chi connectivity index (χ0v) is 12.2. The molecule has 1 aromatic heterocycles. The van der Waals surface area contributed by atoms with Gasteiger partial charge >= 0.3 is 0 Å². The maximum Gasteiger partial charge on any atom is 0.230 e. The smallest absolute Gasteiger partial charge is 0.230 e. The molecule has 2 aromatic rings. The number of nitrogens with zero attached hydrogens (tertiary/aromatic N) is 1. The van der Waals surface area contributed by atoms with Crippen LogP contribution in [0.4, 0.5) is 11.4 Å². The van der Waals surface area contributed by atoms with E-state index in [1.165, 1.54) is 6.20 Å². The van der Waals surface area contributed by atoms with Crippen molar-refractivity contribution in [3.8, 4) is 0 Å². The summed E-state index contributed by atoms with van der Waals surface area (Å²) in [4.78, 5) is 16.0. The number of rotatable bonds is 3. The van der Waals surface area contributed by atoms with Crippen molar-refractivity contribution in [1.29, 1.82) is 0 Å². The summed E-state index contributed by atoms with van der Waals surface area (Å²) >= 11 is 9.28. The van der Waals surface area contributed by atoms with E-state index in [-0.39, 0.29) is 12.3 Å². The van der Waals surface area contributed by atoms with E-state index in [1.54, 1.807) is 30.3 Å². The molecule has 2 rings (SSSR count). The molecule has 0 saturated carbocycles. The van der Waals surface area contributed by atoms with Crippen LogP contribution in [0.2, 0.25) is 5.02 Å². The Hall–Kier alpha value is -1.59. The Morgan fingerprint density at radius 2 is 2.16 bits per heavy atom. The largest absolute Gasteiger partial charge is 0.397 e. The summed E-state index contributed by atoms with van der Waals surface area (Å²) in [5, 5.41) is 3.32. The maximum absolute atomic E-state index is 11.9. The quantitative estimate of drug-likeness (QED) is 0.901. The predicted octanol–water partition coefficient (Wildman–Crippen LogP) is 3.26. The van der Waals surface area contributed by atoms with Crippen molar-refractivity contribution >= 4 is 44.8 Å². The first-order valence-corrected chi connectivity index (χ1v) is 6.67. The van der Waals surface area contributed by atoms with Gasteiger partial charge in [-0.2, -0.15) is 0 Å². The molecule has 19 heavy (non-hydrogen) atoms. The number of halogens is 2. The minimum Gasteiger partial charge on any atom is -0.397 e. The molecule has 0 radical (unpaired) electrons. The molecular formula is C13H11BrClN3O. The summed E-state index contributed by atoms with van der Waals surface area (Å²) in [5.74, 6) is -0.166. The minimum absolute atomic E-state index is 0.166. The van der Waals surface area contributed by atoms with Gasteiger partial charge in [-0.3, -0.25) is 9.78 Å². The first kappa shape index (κ1) is 13.8. The lowest BCUT2D eigenvalue weighted by atomic mass is 10.2. The summed E-state index contributed by atoms with van der Waals surface area (Å²) in [7, 11) is 0. The first-order valence-electron chi connectivity index (χ1n) is 5.50. The molecule has 0 bridgehead atoms. The Labute approximate surface area is 124 Å². The van der Waals surface area contributed by atoms with Crippen molar-refractivity contribution in [1.82, 2.24) is 4.98 Å². The van der Waals surface area contributed by atoms with E-state index < -0.39 is 0 Å². The molecule has 0 unspecified atom stereocenters. The summed E-state index contributed by atoms with van der Waals surface area (Å²) in [6.45, 7) is 0. The molecule has 0 aliphatic rings. The van der Waals surface area contributed by atoms with Gasteiger partial charge in [0.2, 0.25) is 5.91 Å². The number of pyridine rings is 1. The second-order valence-corrected chi connectivity index (χ2v) is 5.11. The van der Waals surface area contributed by atoms with Gasteiger partial charge in [0.25, 0.3) is 0 Å². The molecule has 0 fully saturated rings. The highest BCUT2D eigenvalue weighted by Gasteiger charge is 2.09. The number of anilines is 2. The molecule has 1 amide bonds. The van der Waals surface area contributed by atoms with E-state index in [2.05, 4.69) is 26.2 Å². The zero-order chi connectivity index (χ0) is 13.8. The van der Waals surface area contributed by atoms with Crippen molar-refractivity contribution in [2.75, 3.05) is 11.1 Å². The van der Waals surface area contributed by atoms with E-state index in [0.29, 0.717) is 26.6 Å². The highest BCUT2D eigenvalue weighted by Crippen LogP contribution is 2.29. The Morgan fingerprint density at radius 1 is 1.37 bits per heavy atom. The van der Waals surface area contributed by atoms with Crippen LogP contribution < -0.4 is 11.1 Å². The van der Waals surface area contributed by atoms with Crippen LogP contribution in [-0.4, -0.2) is 10.9 Å². The summed E-state index contributed by atoms with van der Waals surface area (Å²) in [6, 6.07) is 8.71. The number of carbonyl (C=O) groups excluding carboxylic acids is 1. The van der Waals surface area contributed by atoms with E-state index in [4.69, 9.17) is 17.3 Å². The third-order valence-corrected chi connectivity index (χ3v) is 3.81. The molecule has 98 valence electrons. The van der Waals surface area contributed by atoms with Crippen LogP contribution in [0.25, 0.3) is 0 Å². The standard InChI is InChI=1S/C13H11BrClN3O/c14-13-10(15)2-1-3-11(13)18-12(19)6-9-5-4-8(16)7-17-9/h1-5,7H,6,16H2,(H,18,19). The fourth-order valence-electron chi connectivity index (χ4n) is 1.50. The number of hydrogen-bond donors (Lipinski definition) is 2. The van der Waals surface area contributed by atoms with Crippen LogP contribution in [0.15, 0.2) is 41.0 Å². The Balaban J connectivity index is 2.05. The van der Waals surface area contributed by atoms with Gasteiger partial charge in [0, 0.05) is 5.69 Å². The predicted molar refractivity (Wildman–Crippen MR) is 80.1 cm³/mol. The molecular weight excluding hydrogens is 330 g/mol. The van der Waals surface area contributed by atoms with Crippen molar-refractivity contribution in [2.45, 2.75) is 6.42 Å². The molecule has 1 aromatic carbocycles. The Morgan fingerprint density at radius 3 is 2.84 bits per heavy atom. The van der Waals surface area contributed by atoms with E-state index in [9.17, 15) is 4.79 Å². The highest BCUT2D eigenvalue weighted by atomic mass is 79.9. The summed E-state index contributed by atoms with van der Waals surface area (Å²) < 4.78 is 0.662. The van der Waals surface area contributed by atoms with Gasteiger partial charge in [-0.25, -0.2) is 0 Å². The highest BCUT2D eigenvalue weighted by molar-refractivity contribution is 9.10. The Bertz CT molecular complexity index is 601. The number of nitrogens with two attached hydrogens (primary N) is 1. The van der Waals surface area contributed by atoms with Gasteiger partial charge in [0.1, 0.15) is 0 Å². The van der Waals surface area contributed by atoms with Crippen LogP contribution in [0, 0.1) is 0 Å². The average molecular weight is 341 g/mol. The lowest BCUT2D eigenvalue weighted by Crippen LogP contribution is -2.15. The molecule has 4 nitrogen and oxygen atoms in total. The van der Waals surface area contributed by atoms with E-state index in [1.807, 2.05) is 0 Å². The molecule has 6 heteroatoms. The lowest BCUT2D eigenvalue weighted by molar-refractivity contribution is -0.115. The van der Waals surface area contributed by atoms with Crippen LogP contribution in [0.5, 0.6) is 0 Å². The van der Waals surface area contributed by atoms with Crippen LogP contribution in [0.3, 0.4) is 0 Å². The van der Waals surface area contributed by atoms with Gasteiger partial charge in [-0.05, 0) is 40.2 Å². The lowest BCUT2D eigenvalue weighted by Gasteiger charge is -2.08. The number of carbonyl (C=O) groups is 1. The van der Waals surface area contributed by atoms with Crippen LogP contribution in [-0.2, 0) is 11.2 Å². The van der Waals surface area contributed by atoms with Crippen molar-refractivity contribution in [2.24, 2.45) is 0 Å². The van der Waals surface area contributed by atoms with Crippen LogP contribution >= 0.6 is 27.5 Å². The number of amides is 1. The van der Waals surface area contributed by atoms with Gasteiger partial charge in [0.15, 0.2) is 0 Å². The zero-order valence-electron chi connectivity index (χ0n) is 9.86. The van der Waals surface area contributed by atoms with Gasteiger partial charge in [-0.1, -0.05) is 17.7 Å². The fourth-order valence-corrected chi connectivity index (χ4v) is 2.04. The normalized spacial score (nSPS) is 10.2. The molecule has 0 spiro atoms. The molecule has 0 saturated heterocycles. The SMILES string of the molecule is Nc1ccc(CC(=O)Nc2cccc(Cl)c2Br)nc1. The Kier molecular flexibility index (Phi) is 4.39. The maximum atomic E-state index is 11.9. The van der Waals surface area contributed by atoms with E-state index in [0.717, 1.165) is 0 Å².